The van der Waals surface area contributed by atoms with E-state index in [1.54, 1.807) is 0 Å². The standard InChI is InChI=1S/C17H23NO4/c1-17(2,3)13-7-5-6-8-14(13)22-11-12-9-18(10-12)15(19)16(20)21-4/h5-8,12H,9-11H2,1-4H3. The van der Waals surface area contributed by atoms with Crippen molar-refractivity contribution in [1.82, 2.24) is 4.90 Å². The lowest BCUT2D eigenvalue weighted by atomic mass is 9.86. The Hall–Kier alpha value is -2.04. The maximum Gasteiger partial charge on any atom is 0.396 e. The number of amides is 1. The number of rotatable bonds is 3. The molecule has 0 radical (unpaired) electrons. The first-order valence-corrected chi connectivity index (χ1v) is 7.42. The Morgan fingerprint density at radius 3 is 2.45 bits per heavy atom. The van der Waals surface area contributed by atoms with Gasteiger partial charge in [-0.3, -0.25) is 4.79 Å². The topological polar surface area (TPSA) is 55.8 Å². The zero-order valence-corrected chi connectivity index (χ0v) is 13.6. The van der Waals surface area contributed by atoms with E-state index in [1.165, 1.54) is 12.0 Å². The normalized spacial score (nSPS) is 15.2. The SMILES string of the molecule is COC(=O)C(=O)N1CC(COc2ccccc2C(C)(C)C)C1. The molecule has 1 fully saturated rings. The molecule has 0 aliphatic carbocycles. The van der Waals surface area contributed by atoms with Crippen LogP contribution in [0.25, 0.3) is 0 Å². The van der Waals surface area contributed by atoms with Crippen molar-refractivity contribution in [3.8, 4) is 5.75 Å². The van der Waals surface area contributed by atoms with Crippen molar-refractivity contribution in [2.75, 3.05) is 26.8 Å². The molecule has 5 heteroatoms. The van der Waals surface area contributed by atoms with Gasteiger partial charge in [-0.15, -0.1) is 0 Å². The summed E-state index contributed by atoms with van der Waals surface area (Å²) in [6, 6.07) is 8.01. The Labute approximate surface area is 131 Å². The van der Waals surface area contributed by atoms with Gasteiger partial charge in [0.15, 0.2) is 0 Å². The third-order valence-corrected chi connectivity index (χ3v) is 3.77. The molecule has 1 aliphatic heterocycles. The average molecular weight is 305 g/mol. The zero-order valence-electron chi connectivity index (χ0n) is 13.6. The fourth-order valence-corrected chi connectivity index (χ4v) is 2.48. The summed E-state index contributed by atoms with van der Waals surface area (Å²) in [6.45, 7) is 8.05. The van der Waals surface area contributed by atoms with Gasteiger partial charge >= 0.3 is 11.9 Å². The summed E-state index contributed by atoms with van der Waals surface area (Å²) in [4.78, 5) is 24.2. The highest BCUT2D eigenvalue weighted by molar-refractivity contribution is 6.32. The van der Waals surface area contributed by atoms with E-state index < -0.39 is 11.9 Å². The molecule has 1 aromatic carbocycles. The maximum absolute atomic E-state index is 11.6. The van der Waals surface area contributed by atoms with Gasteiger partial charge in [0.25, 0.3) is 0 Å². The zero-order chi connectivity index (χ0) is 16.3. The highest BCUT2D eigenvalue weighted by atomic mass is 16.5. The minimum atomic E-state index is -0.808. The first-order valence-electron chi connectivity index (χ1n) is 7.42. The average Bonchev–Trinajstić information content (AvgIpc) is 2.43. The molecule has 2 rings (SSSR count). The molecule has 0 atom stereocenters. The van der Waals surface area contributed by atoms with E-state index in [4.69, 9.17) is 4.74 Å². The molecule has 1 heterocycles. The highest BCUT2D eigenvalue weighted by Crippen LogP contribution is 2.31. The van der Waals surface area contributed by atoms with Crippen LogP contribution in [0.2, 0.25) is 0 Å². The van der Waals surface area contributed by atoms with E-state index in [0.29, 0.717) is 19.7 Å². The summed E-state index contributed by atoms with van der Waals surface area (Å²) in [7, 11) is 1.21. The van der Waals surface area contributed by atoms with E-state index in [2.05, 4.69) is 31.6 Å². The predicted octanol–water partition coefficient (Wildman–Crippen LogP) is 1.99. The number of para-hydroxylation sites is 1. The van der Waals surface area contributed by atoms with Gasteiger partial charge in [0.2, 0.25) is 0 Å². The van der Waals surface area contributed by atoms with Gasteiger partial charge in [0.1, 0.15) is 5.75 Å². The fourth-order valence-electron chi connectivity index (χ4n) is 2.48. The van der Waals surface area contributed by atoms with E-state index >= 15 is 0 Å². The Kier molecular flexibility index (Phi) is 4.74. The summed E-state index contributed by atoms with van der Waals surface area (Å²) in [5.74, 6) is -0.249. The first-order chi connectivity index (χ1) is 10.3. The van der Waals surface area contributed by atoms with Gasteiger partial charge in [-0.1, -0.05) is 39.0 Å². The quantitative estimate of drug-likeness (QED) is 0.633. The third-order valence-electron chi connectivity index (χ3n) is 3.77. The minimum absolute atomic E-state index is 0.0170. The summed E-state index contributed by atoms with van der Waals surface area (Å²) in [5.41, 5.74) is 1.18. The number of nitrogens with zero attached hydrogens (tertiary/aromatic N) is 1. The van der Waals surface area contributed by atoms with Crippen LogP contribution in [0.15, 0.2) is 24.3 Å². The summed E-state index contributed by atoms with van der Waals surface area (Å²) < 4.78 is 10.4. The molecule has 0 unspecified atom stereocenters. The molecular formula is C17H23NO4. The lowest BCUT2D eigenvalue weighted by molar-refractivity contribution is -0.162. The molecule has 5 nitrogen and oxygen atoms in total. The number of carbonyl (C=O) groups excluding carboxylic acids is 2. The second-order valence-electron chi connectivity index (χ2n) is 6.62. The molecule has 1 aromatic rings. The van der Waals surface area contributed by atoms with Crippen LogP contribution < -0.4 is 4.74 Å². The van der Waals surface area contributed by atoms with Crippen LogP contribution in [0.4, 0.5) is 0 Å². The van der Waals surface area contributed by atoms with Crippen LogP contribution in [-0.4, -0.2) is 43.6 Å². The van der Waals surface area contributed by atoms with Gasteiger partial charge in [0.05, 0.1) is 13.7 Å². The number of ether oxygens (including phenoxy) is 2. The molecule has 1 saturated heterocycles. The third kappa shape index (κ3) is 3.59. The van der Waals surface area contributed by atoms with Gasteiger partial charge in [0, 0.05) is 19.0 Å². The van der Waals surface area contributed by atoms with E-state index in [9.17, 15) is 9.59 Å². The van der Waals surface area contributed by atoms with Crippen LogP contribution >= 0.6 is 0 Å². The molecule has 120 valence electrons. The smallest absolute Gasteiger partial charge is 0.396 e. The highest BCUT2D eigenvalue weighted by Gasteiger charge is 2.35. The first kappa shape index (κ1) is 16.3. The van der Waals surface area contributed by atoms with Gasteiger partial charge in [-0.25, -0.2) is 4.79 Å². The number of methoxy groups -OCH3 is 1. The van der Waals surface area contributed by atoms with Crippen molar-refractivity contribution >= 4 is 11.9 Å². The largest absolute Gasteiger partial charge is 0.493 e. The van der Waals surface area contributed by atoms with Crippen molar-refractivity contribution in [3.05, 3.63) is 29.8 Å². The molecule has 0 aromatic heterocycles. The van der Waals surface area contributed by atoms with Gasteiger partial charge < -0.3 is 14.4 Å². The molecule has 22 heavy (non-hydrogen) atoms. The van der Waals surface area contributed by atoms with E-state index in [0.717, 1.165) is 11.3 Å². The van der Waals surface area contributed by atoms with Gasteiger partial charge in [-0.2, -0.15) is 0 Å². The summed E-state index contributed by atoms with van der Waals surface area (Å²) >= 11 is 0. The Morgan fingerprint density at radius 2 is 1.86 bits per heavy atom. The minimum Gasteiger partial charge on any atom is -0.493 e. The van der Waals surface area contributed by atoms with Gasteiger partial charge in [-0.05, 0) is 17.0 Å². The molecule has 0 bridgehead atoms. The number of hydrogen-bond acceptors (Lipinski definition) is 4. The van der Waals surface area contributed by atoms with E-state index in [1.807, 2.05) is 18.2 Å². The number of likely N-dealkylation sites (tertiary alicyclic amines) is 1. The molecule has 0 spiro atoms. The molecule has 1 aliphatic rings. The number of esters is 1. The second kappa shape index (κ2) is 6.38. The van der Waals surface area contributed by atoms with Crippen molar-refractivity contribution in [2.45, 2.75) is 26.2 Å². The second-order valence-corrected chi connectivity index (χ2v) is 6.62. The Morgan fingerprint density at radius 1 is 1.23 bits per heavy atom. The molecule has 1 amide bonds. The summed E-state index contributed by atoms with van der Waals surface area (Å²) in [5, 5.41) is 0. The maximum atomic E-state index is 11.6. The molecule has 0 saturated carbocycles. The number of benzene rings is 1. The Bertz CT molecular complexity index is 556. The molecular weight excluding hydrogens is 282 g/mol. The van der Waals surface area contributed by atoms with Crippen molar-refractivity contribution in [2.24, 2.45) is 5.92 Å². The van der Waals surface area contributed by atoms with Crippen LogP contribution in [0.1, 0.15) is 26.3 Å². The molecule has 0 N–H and O–H groups in total. The lowest BCUT2D eigenvalue weighted by Gasteiger charge is -2.38. The number of hydrogen-bond donors (Lipinski definition) is 0. The lowest BCUT2D eigenvalue weighted by Crippen LogP contribution is -2.54. The number of carbonyl (C=O) groups is 2. The van der Waals surface area contributed by atoms with Crippen LogP contribution in [0, 0.1) is 5.92 Å². The monoisotopic (exact) mass is 305 g/mol. The van der Waals surface area contributed by atoms with Crippen molar-refractivity contribution < 1.29 is 19.1 Å². The van der Waals surface area contributed by atoms with Crippen LogP contribution in [0.5, 0.6) is 5.75 Å². The summed E-state index contributed by atoms with van der Waals surface area (Å²) in [6.07, 6.45) is 0. The predicted molar refractivity (Wildman–Crippen MR) is 82.7 cm³/mol. The van der Waals surface area contributed by atoms with Crippen molar-refractivity contribution in [1.29, 1.82) is 0 Å². The Balaban J connectivity index is 1.87. The van der Waals surface area contributed by atoms with E-state index in [-0.39, 0.29) is 11.3 Å². The van der Waals surface area contributed by atoms with Crippen LogP contribution in [0.3, 0.4) is 0 Å². The van der Waals surface area contributed by atoms with Crippen molar-refractivity contribution in [3.63, 3.8) is 0 Å². The van der Waals surface area contributed by atoms with Crippen LogP contribution in [-0.2, 0) is 19.7 Å². The fraction of sp³-hybridized carbons (Fsp3) is 0.529.